The fraction of sp³-hybridized carbons (Fsp3) is 0.583. The number of hydrogen-bond acceptors (Lipinski definition) is 4. The Morgan fingerprint density at radius 2 is 2.15 bits per heavy atom. The first-order valence-corrected chi connectivity index (χ1v) is 7.81. The Balaban J connectivity index is 0.00000200. The van der Waals surface area contributed by atoms with Gasteiger partial charge in [-0.15, -0.1) is 12.4 Å². The van der Waals surface area contributed by atoms with Gasteiger partial charge >= 0.3 is 0 Å². The smallest absolute Gasteiger partial charge is 0.242 e. The molecule has 0 spiro atoms. The van der Waals surface area contributed by atoms with Crippen LogP contribution < -0.4 is 10.5 Å². The Bertz CT molecular complexity index is 541. The van der Waals surface area contributed by atoms with Gasteiger partial charge in [0.15, 0.2) is 0 Å². The zero-order valence-electron chi connectivity index (χ0n) is 11.0. The van der Waals surface area contributed by atoms with E-state index in [0.717, 1.165) is 44.1 Å². The average molecular weight is 324 g/mol. The Hall–Kier alpha value is -0.760. The van der Waals surface area contributed by atoms with Crippen molar-refractivity contribution in [2.45, 2.75) is 36.6 Å². The van der Waals surface area contributed by atoms with Gasteiger partial charge in [-0.25, -0.2) is 17.5 Å². The minimum atomic E-state index is -3.69. The average Bonchev–Trinajstić information content (AvgIpc) is 2.37. The minimum Gasteiger partial charge on any atom is -0.328 e. The lowest BCUT2D eigenvalue weighted by Crippen LogP contribution is -2.35. The maximum Gasteiger partial charge on any atom is 0.242 e. The topological polar surface area (TPSA) is 85.1 Å². The molecule has 114 valence electrons. The highest BCUT2D eigenvalue weighted by Crippen LogP contribution is 2.22. The molecule has 1 aliphatic carbocycles. The number of nitrogens with one attached hydrogen (secondary N) is 1. The largest absolute Gasteiger partial charge is 0.328 e. The molecule has 0 bridgehead atoms. The number of aromatic nitrogens is 1. The van der Waals surface area contributed by atoms with Gasteiger partial charge in [0.2, 0.25) is 10.0 Å². The molecule has 5 nitrogen and oxygen atoms in total. The fourth-order valence-electron chi connectivity index (χ4n) is 2.37. The van der Waals surface area contributed by atoms with Crippen molar-refractivity contribution in [1.29, 1.82) is 0 Å². The van der Waals surface area contributed by atoms with Crippen LogP contribution in [-0.4, -0.2) is 26.0 Å². The lowest BCUT2D eigenvalue weighted by atomic mass is 9.86. The van der Waals surface area contributed by atoms with E-state index in [4.69, 9.17) is 5.73 Å². The van der Waals surface area contributed by atoms with Crippen molar-refractivity contribution in [3.8, 4) is 0 Å². The van der Waals surface area contributed by atoms with Crippen LogP contribution in [-0.2, 0) is 10.0 Å². The summed E-state index contributed by atoms with van der Waals surface area (Å²) in [4.78, 5) is 3.40. The molecule has 3 N–H and O–H groups in total. The molecule has 1 heterocycles. The number of nitrogens with two attached hydrogens (primary N) is 1. The normalized spacial score (nSPS) is 23.1. The molecule has 0 saturated heterocycles. The summed E-state index contributed by atoms with van der Waals surface area (Å²) in [7, 11) is -3.69. The Labute approximate surface area is 124 Å². The fourth-order valence-corrected chi connectivity index (χ4v) is 3.46. The van der Waals surface area contributed by atoms with Crippen LogP contribution in [0.4, 0.5) is 4.39 Å². The molecule has 2 unspecified atom stereocenters. The van der Waals surface area contributed by atoms with Crippen LogP contribution >= 0.6 is 12.4 Å². The van der Waals surface area contributed by atoms with Crippen LogP contribution in [0.15, 0.2) is 23.4 Å². The first kappa shape index (κ1) is 17.3. The lowest BCUT2D eigenvalue weighted by Gasteiger charge is -2.26. The molecule has 1 fully saturated rings. The maximum atomic E-state index is 13.0. The predicted octanol–water partition coefficient (Wildman–Crippen LogP) is 1.44. The van der Waals surface area contributed by atoms with E-state index in [0.29, 0.717) is 6.54 Å². The van der Waals surface area contributed by atoms with Crippen molar-refractivity contribution in [2.24, 2.45) is 11.7 Å². The number of pyridine rings is 1. The van der Waals surface area contributed by atoms with E-state index in [1.807, 2.05) is 0 Å². The summed E-state index contributed by atoms with van der Waals surface area (Å²) in [5.74, 6) is -0.414. The van der Waals surface area contributed by atoms with Crippen molar-refractivity contribution in [3.05, 3.63) is 24.3 Å². The molecule has 8 heteroatoms. The van der Waals surface area contributed by atoms with E-state index in [2.05, 4.69) is 9.71 Å². The van der Waals surface area contributed by atoms with Gasteiger partial charge in [0.05, 0.1) is 6.20 Å². The van der Waals surface area contributed by atoms with Gasteiger partial charge in [0, 0.05) is 18.8 Å². The summed E-state index contributed by atoms with van der Waals surface area (Å²) in [6.45, 7) is 0.340. The standard InChI is InChI=1S/C12H18FN3O2S.ClH/c13-10-5-12(8-15-7-10)19(17,18)16-6-9-2-1-3-11(14)4-9;/h5,7-9,11,16H,1-4,6,14H2;1H. The molecule has 0 aromatic carbocycles. The molecule has 0 aliphatic heterocycles. The summed E-state index contributed by atoms with van der Waals surface area (Å²) in [6, 6.07) is 1.11. The molecule has 2 rings (SSSR count). The van der Waals surface area contributed by atoms with Crippen molar-refractivity contribution < 1.29 is 12.8 Å². The van der Waals surface area contributed by atoms with Crippen LogP contribution in [0, 0.1) is 11.7 Å². The van der Waals surface area contributed by atoms with Crippen LogP contribution in [0.3, 0.4) is 0 Å². The first-order valence-electron chi connectivity index (χ1n) is 6.33. The Kier molecular flexibility index (Phi) is 6.32. The summed E-state index contributed by atoms with van der Waals surface area (Å²) in [6.07, 6.45) is 5.92. The van der Waals surface area contributed by atoms with Gasteiger partial charge < -0.3 is 5.73 Å². The highest BCUT2D eigenvalue weighted by Gasteiger charge is 2.22. The van der Waals surface area contributed by atoms with Crippen molar-refractivity contribution in [2.75, 3.05) is 6.54 Å². The predicted molar refractivity (Wildman–Crippen MR) is 76.6 cm³/mol. The molecule has 1 saturated carbocycles. The quantitative estimate of drug-likeness (QED) is 0.878. The van der Waals surface area contributed by atoms with Gasteiger partial charge in [-0.1, -0.05) is 6.42 Å². The SMILES string of the molecule is Cl.NC1CCCC(CNS(=O)(=O)c2cncc(F)c2)C1. The van der Waals surface area contributed by atoms with E-state index < -0.39 is 15.8 Å². The first-order chi connectivity index (χ1) is 8.97. The number of sulfonamides is 1. The molecular formula is C12H19ClFN3O2S. The number of hydrogen-bond donors (Lipinski definition) is 2. The lowest BCUT2D eigenvalue weighted by molar-refractivity contribution is 0.322. The molecule has 1 aromatic rings. The summed E-state index contributed by atoms with van der Waals surface area (Å²) < 4.78 is 39.4. The second-order valence-corrected chi connectivity index (χ2v) is 6.75. The molecule has 0 amide bonds. The molecule has 2 atom stereocenters. The zero-order valence-corrected chi connectivity index (χ0v) is 12.6. The summed E-state index contributed by atoms with van der Waals surface area (Å²) in [5.41, 5.74) is 5.86. The number of nitrogens with zero attached hydrogens (tertiary/aromatic N) is 1. The van der Waals surface area contributed by atoms with E-state index in [9.17, 15) is 12.8 Å². The zero-order chi connectivity index (χ0) is 13.9. The van der Waals surface area contributed by atoms with Crippen LogP contribution in [0.5, 0.6) is 0 Å². The Morgan fingerprint density at radius 3 is 2.80 bits per heavy atom. The highest BCUT2D eigenvalue weighted by molar-refractivity contribution is 7.89. The minimum absolute atomic E-state index is 0. The van der Waals surface area contributed by atoms with Crippen molar-refractivity contribution in [1.82, 2.24) is 9.71 Å². The number of halogens is 2. The monoisotopic (exact) mass is 323 g/mol. The van der Waals surface area contributed by atoms with Gasteiger partial charge in [0.25, 0.3) is 0 Å². The van der Waals surface area contributed by atoms with E-state index in [-0.39, 0.29) is 29.3 Å². The van der Waals surface area contributed by atoms with Crippen LogP contribution in [0.1, 0.15) is 25.7 Å². The Morgan fingerprint density at radius 1 is 1.40 bits per heavy atom. The van der Waals surface area contributed by atoms with Gasteiger partial charge in [-0.05, 0) is 31.2 Å². The molecule has 0 radical (unpaired) electrons. The second-order valence-electron chi connectivity index (χ2n) is 4.98. The van der Waals surface area contributed by atoms with Gasteiger partial charge in [-0.3, -0.25) is 4.98 Å². The molecule has 20 heavy (non-hydrogen) atoms. The number of rotatable bonds is 4. The third-order valence-electron chi connectivity index (χ3n) is 3.38. The third kappa shape index (κ3) is 4.66. The highest BCUT2D eigenvalue weighted by atomic mass is 35.5. The van der Waals surface area contributed by atoms with E-state index in [1.54, 1.807) is 0 Å². The third-order valence-corrected chi connectivity index (χ3v) is 4.77. The van der Waals surface area contributed by atoms with Gasteiger partial charge in [0.1, 0.15) is 10.7 Å². The van der Waals surface area contributed by atoms with E-state index in [1.165, 1.54) is 0 Å². The van der Waals surface area contributed by atoms with Crippen LogP contribution in [0.2, 0.25) is 0 Å². The summed E-state index contributed by atoms with van der Waals surface area (Å²) >= 11 is 0. The van der Waals surface area contributed by atoms with E-state index >= 15 is 0 Å². The van der Waals surface area contributed by atoms with Crippen molar-refractivity contribution in [3.63, 3.8) is 0 Å². The second kappa shape index (κ2) is 7.31. The summed E-state index contributed by atoms with van der Waals surface area (Å²) in [5, 5.41) is 0. The van der Waals surface area contributed by atoms with Crippen molar-refractivity contribution >= 4 is 22.4 Å². The molecular weight excluding hydrogens is 305 g/mol. The van der Waals surface area contributed by atoms with Crippen LogP contribution in [0.25, 0.3) is 0 Å². The maximum absolute atomic E-state index is 13.0. The van der Waals surface area contributed by atoms with Gasteiger partial charge in [-0.2, -0.15) is 0 Å². The molecule has 1 aliphatic rings. The molecule has 1 aromatic heterocycles.